The van der Waals surface area contributed by atoms with Gasteiger partial charge in [-0.15, -0.1) is 0 Å². The lowest BCUT2D eigenvalue weighted by molar-refractivity contribution is -0.139. The van der Waals surface area contributed by atoms with Gasteiger partial charge in [0.05, 0.1) is 18.6 Å². The van der Waals surface area contributed by atoms with Gasteiger partial charge in [0.1, 0.15) is 5.69 Å². The topological polar surface area (TPSA) is 82.2 Å². The molecule has 2 fully saturated rings. The van der Waals surface area contributed by atoms with Crippen LogP contribution in [-0.2, 0) is 11.3 Å². The third-order valence-electron chi connectivity index (χ3n) is 5.81. The number of rotatable bonds is 3. The summed E-state index contributed by atoms with van der Waals surface area (Å²) in [6.07, 6.45) is 6.70. The van der Waals surface area contributed by atoms with Gasteiger partial charge in [-0.3, -0.25) is 14.6 Å². The minimum Gasteiger partial charge on any atom is -0.348 e. The summed E-state index contributed by atoms with van der Waals surface area (Å²) in [6.45, 7) is 4.53. The number of hydrogen-bond donors (Lipinski definition) is 1. The van der Waals surface area contributed by atoms with Crippen LogP contribution in [0.15, 0.2) is 30.7 Å². The minimum atomic E-state index is -0.0270. The highest BCUT2D eigenvalue weighted by Crippen LogP contribution is 2.39. The molecule has 1 atom stereocenters. The average Bonchev–Trinajstić information content (AvgIpc) is 3.11. The number of pyridine rings is 1. The molecule has 2 amide bonds. The van der Waals surface area contributed by atoms with Gasteiger partial charge >= 0.3 is 0 Å². The van der Waals surface area contributed by atoms with Crippen LogP contribution in [0.4, 0.5) is 0 Å². The number of H-pyrrole nitrogens is 1. The van der Waals surface area contributed by atoms with E-state index in [1.807, 2.05) is 34.9 Å². The molecule has 4 rings (SSSR count). The summed E-state index contributed by atoms with van der Waals surface area (Å²) in [5.41, 5.74) is 2.18. The summed E-state index contributed by atoms with van der Waals surface area (Å²) < 4.78 is 0. The van der Waals surface area contributed by atoms with Gasteiger partial charge in [-0.05, 0) is 38.3 Å². The number of aryl methyl sites for hydroxylation is 1. The van der Waals surface area contributed by atoms with Crippen LogP contribution in [0.1, 0.15) is 47.6 Å². The number of piperidine rings is 2. The van der Waals surface area contributed by atoms with Crippen LogP contribution >= 0.6 is 0 Å². The monoisotopic (exact) mass is 367 g/mol. The van der Waals surface area contributed by atoms with Crippen LogP contribution in [0.25, 0.3) is 0 Å². The third kappa shape index (κ3) is 3.59. The molecule has 2 aromatic heterocycles. The zero-order chi connectivity index (χ0) is 18.9. The summed E-state index contributed by atoms with van der Waals surface area (Å²) in [5.74, 6) is 0.166. The molecule has 2 aromatic rings. The van der Waals surface area contributed by atoms with Crippen LogP contribution in [-0.4, -0.2) is 56.2 Å². The maximum absolute atomic E-state index is 12.9. The molecule has 2 saturated heterocycles. The SMILES string of the molecule is Cc1[nH]cnc1C(=O)N1CCC[C@]2(CCC(=O)N(Cc3ccccn3)C2)C1. The van der Waals surface area contributed by atoms with Crippen molar-refractivity contribution in [1.82, 2.24) is 24.8 Å². The highest BCUT2D eigenvalue weighted by molar-refractivity contribution is 5.93. The second-order valence-corrected chi connectivity index (χ2v) is 7.78. The van der Waals surface area contributed by atoms with E-state index in [1.165, 1.54) is 0 Å². The van der Waals surface area contributed by atoms with Crippen molar-refractivity contribution in [3.63, 3.8) is 0 Å². The lowest BCUT2D eigenvalue weighted by Gasteiger charge is -2.48. The number of aromatic amines is 1. The number of hydrogen-bond acceptors (Lipinski definition) is 4. The van der Waals surface area contributed by atoms with Crippen molar-refractivity contribution in [2.75, 3.05) is 19.6 Å². The first-order valence-electron chi connectivity index (χ1n) is 9.53. The van der Waals surface area contributed by atoms with Gasteiger partial charge in [0, 0.05) is 43.4 Å². The van der Waals surface area contributed by atoms with E-state index in [-0.39, 0.29) is 17.2 Å². The highest BCUT2D eigenvalue weighted by atomic mass is 16.2. The summed E-state index contributed by atoms with van der Waals surface area (Å²) in [5, 5.41) is 0. The van der Waals surface area contributed by atoms with E-state index in [4.69, 9.17) is 0 Å². The molecule has 0 bridgehead atoms. The van der Waals surface area contributed by atoms with E-state index in [0.29, 0.717) is 31.7 Å². The first kappa shape index (κ1) is 17.7. The molecule has 0 saturated carbocycles. The third-order valence-corrected chi connectivity index (χ3v) is 5.81. The number of likely N-dealkylation sites (tertiary alicyclic amines) is 2. The van der Waals surface area contributed by atoms with Crippen molar-refractivity contribution in [2.24, 2.45) is 5.41 Å². The van der Waals surface area contributed by atoms with Crippen LogP contribution in [0.2, 0.25) is 0 Å². The van der Waals surface area contributed by atoms with Crippen molar-refractivity contribution < 1.29 is 9.59 Å². The Morgan fingerprint density at radius 3 is 2.89 bits per heavy atom. The molecule has 1 N–H and O–H groups in total. The number of imidazole rings is 1. The van der Waals surface area contributed by atoms with Crippen LogP contribution in [0, 0.1) is 12.3 Å². The van der Waals surface area contributed by atoms with E-state index in [1.54, 1.807) is 12.5 Å². The Bertz CT molecular complexity index is 834. The lowest BCUT2D eigenvalue weighted by atomic mass is 9.73. The van der Waals surface area contributed by atoms with Crippen molar-refractivity contribution in [3.05, 3.63) is 47.8 Å². The van der Waals surface area contributed by atoms with Crippen molar-refractivity contribution in [1.29, 1.82) is 0 Å². The van der Waals surface area contributed by atoms with E-state index < -0.39 is 0 Å². The van der Waals surface area contributed by atoms with Gasteiger partial charge in [-0.1, -0.05) is 6.07 Å². The number of nitrogens with one attached hydrogen (secondary N) is 1. The average molecular weight is 367 g/mol. The van der Waals surface area contributed by atoms with Gasteiger partial charge in [0.15, 0.2) is 0 Å². The summed E-state index contributed by atoms with van der Waals surface area (Å²) in [4.78, 5) is 40.7. The molecular weight excluding hydrogens is 342 g/mol. The maximum atomic E-state index is 12.9. The smallest absolute Gasteiger partial charge is 0.274 e. The molecule has 1 spiro atoms. The predicted molar refractivity (Wildman–Crippen MR) is 99.8 cm³/mol. The number of carbonyl (C=O) groups is 2. The van der Waals surface area contributed by atoms with E-state index in [0.717, 1.165) is 37.2 Å². The first-order valence-corrected chi connectivity index (χ1v) is 9.53. The van der Waals surface area contributed by atoms with E-state index >= 15 is 0 Å². The number of amides is 2. The Morgan fingerprint density at radius 2 is 2.15 bits per heavy atom. The standard InChI is InChI=1S/C20H25N5O2/c1-15-18(23-14-22-15)19(27)24-10-4-7-20(12-24)8-6-17(26)25(13-20)11-16-5-2-3-9-21-16/h2-3,5,9,14H,4,6-8,10-13H2,1H3,(H,22,23)/t20-/m0/s1. The number of nitrogens with zero attached hydrogens (tertiary/aromatic N) is 4. The zero-order valence-electron chi connectivity index (χ0n) is 15.6. The molecular formula is C20H25N5O2. The molecule has 7 heteroatoms. The molecule has 4 heterocycles. The predicted octanol–water partition coefficient (Wildman–Crippen LogP) is 2.16. The quantitative estimate of drug-likeness (QED) is 0.901. The van der Waals surface area contributed by atoms with Gasteiger partial charge in [-0.25, -0.2) is 4.98 Å². The van der Waals surface area contributed by atoms with E-state index in [9.17, 15) is 9.59 Å². The van der Waals surface area contributed by atoms with Gasteiger partial charge in [0.2, 0.25) is 5.91 Å². The number of carbonyl (C=O) groups excluding carboxylic acids is 2. The first-order chi connectivity index (χ1) is 13.1. The van der Waals surface area contributed by atoms with Crippen LogP contribution in [0.3, 0.4) is 0 Å². The Kier molecular flexibility index (Phi) is 4.68. The molecule has 0 radical (unpaired) electrons. The van der Waals surface area contributed by atoms with E-state index in [2.05, 4.69) is 15.0 Å². The zero-order valence-corrected chi connectivity index (χ0v) is 15.6. The largest absolute Gasteiger partial charge is 0.348 e. The Labute approximate surface area is 158 Å². The number of aromatic nitrogens is 3. The summed E-state index contributed by atoms with van der Waals surface area (Å²) in [6, 6.07) is 5.77. The molecule has 7 nitrogen and oxygen atoms in total. The normalized spacial score (nSPS) is 23.1. The Hall–Kier alpha value is -2.70. The molecule has 0 aromatic carbocycles. The maximum Gasteiger partial charge on any atom is 0.274 e. The fraction of sp³-hybridized carbons (Fsp3) is 0.500. The molecule has 2 aliphatic heterocycles. The molecule has 0 aliphatic carbocycles. The van der Waals surface area contributed by atoms with Gasteiger partial charge < -0.3 is 14.8 Å². The second-order valence-electron chi connectivity index (χ2n) is 7.78. The highest BCUT2D eigenvalue weighted by Gasteiger charge is 2.43. The van der Waals surface area contributed by atoms with Crippen molar-refractivity contribution >= 4 is 11.8 Å². The summed E-state index contributed by atoms with van der Waals surface area (Å²) in [7, 11) is 0. The van der Waals surface area contributed by atoms with Crippen LogP contribution < -0.4 is 0 Å². The van der Waals surface area contributed by atoms with Gasteiger partial charge in [0.25, 0.3) is 5.91 Å². The van der Waals surface area contributed by atoms with Crippen molar-refractivity contribution in [2.45, 2.75) is 39.2 Å². The minimum absolute atomic E-state index is 0.0130. The lowest BCUT2D eigenvalue weighted by Crippen LogP contribution is -2.55. The fourth-order valence-electron chi connectivity index (χ4n) is 4.37. The molecule has 0 unspecified atom stereocenters. The summed E-state index contributed by atoms with van der Waals surface area (Å²) >= 11 is 0. The molecule has 2 aliphatic rings. The second kappa shape index (κ2) is 7.13. The Balaban J connectivity index is 1.49. The Morgan fingerprint density at radius 1 is 1.26 bits per heavy atom. The van der Waals surface area contributed by atoms with Crippen LogP contribution in [0.5, 0.6) is 0 Å². The molecule has 27 heavy (non-hydrogen) atoms. The molecule has 142 valence electrons. The fourth-order valence-corrected chi connectivity index (χ4v) is 4.37. The van der Waals surface area contributed by atoms with Crippen molar-refractivity contribution in [3.8, 4) is 0 Å². The van der Waals surface area contributed by atoms with Gasteiger partial charge in [-0.2, -0.15) is 0 Å².